The smallest absolute Gasteiger partial charge is 0.306 e. The van der Waals surface area contributed by atoms with E-state index in [2.05, 4.69) is 4.98 Å². The topological polar surface area (TPSA) is 83.2 Å². The number of carboxylic acid groups (broad SMARTS) is 1. The Balaban J connectivity index is 1.80. The fourth-order valence-electron chi connectivity index (χ4n) is 2.32. The van der Waals surface area contributed by atoms with Crippen LogP contribution in [-0.4, -0.2) is 22.2 Å². The number of pyridine rings is 1. The summed E-state index contributed by atoms with van der Waals surface area (Å²) in [5.74, 6) is -0.919. The zero-order chi connectivity index (χ0) is 13.7. The van der Waals surface area contributed by atoms with E-state index < -0.39 is 5.97 Å². The molecule has 0 spiro atoms. The minimum atomic E-state index is -0.703. The lowest BCUT2D eigenvalue weighted by Gasteiger charge is -2.26. The van der Waals surface area contributed by atoms with E-state index in [9.17, 15) is 4.79 Å². The number of hydrogen-bond donors (Lipinski definition) is 1. The van der Waals surface area contributed by atoms with Crippen LogP contribution in [0.2, 0.25) is 0 Å². The summed E-state index contributed by atoms with van der Waals surface area (Å²) in [6.45, 7) is 0.444. The van der Waals surface area contributed by atoms with Gasteiger partial charge in [0.15, 0.2) is 0 Å². The lowest BCUT2D eigenvalue weighted by Crippen LogP contribution is -2.25. The fraction of sp³-hybridized carbons (Fsp3) is 0.500. The van der Waals surface area contributed by atoms with Gasteiger partial charge >= 0.3 is 5.97 Å². The Morgan fingerprint density at radius 1 is 1.47 bits per heavy atom. The lowest BCUT2D eigenvalue weighted by molar-refractivity contribution is -0.143. The summed E-state index contributed by atoms with van der Waals surface area (Å²) in [5, 5.41) is 17.7. The summed E-state index contributed by atoms with van der Waals surface area (Å²) in [7, 11) is 0. The number of aliphatic carboxylic acids is 1. The molecular weight excluding hydrogens is 244 g/mol. The first-order chi connectivity index (χ1) is 9.19. The number of ether oxygens (including phenoxy) is 1. The van der Waals surface area contributed by atoms with Crippen molar-refractivity contribution in [1.29, 1.82) is 5.26 Å². The van der Waals surface area contributed by atoms with Gasteiger partial charge in [-0.1, -0.05) is 0 Å². The molecule has 0 amide bonds. The average Bonchev–Trinajstić information content (AvgIpc) is 2.46. The third kappa shape index (κ3) is 3.76. The van der Waals surface area contributed by atoms with Gasteiger partial charge in [0.05, 0.1) is 18.6 Å². The molecule has 1 N–H and O–H groups in total. The molecule has 100 valence electrons. The summed E-state index contributed by atoms with van der Waals surface area (Å²) in [5.41, 5.74) is 1.31. The second kappa shape index (κ2) is 6.30. The molecule has 0 atom stereocenters. The molecule has 1 aliphatic rings. The lowest BCUT2D eigenvalue weighted by atomic mass is 9.87. The Morgan fingerprint density at radius 2 is 2.21 bits per heavy atom. The van der Waals surface area contributed by atoms with E-state index in [1.807, 2.05) is 12.1 Å². The Kier molecular flexibility index (Phi) is 4.48. The van der Waals surface area contributed by atoms with Crippen LogP contribution in [0.3, 0.4) is 0 Å². The van der Waals surface area contributed by atoms with Crippen LogP contribution in [0.15, 0.2) is 18.3 Å². The highest BCUT2D eigenvalue weighted by atomic mass is 16.5. The number of hydrogen-bond acceptors (Lipinski definition) is 4. The first-order valence-electron chi connectivity index (χ1n) is 6.38. The molecule has 19 heavy (non-hydrogen) atoms. The normalized spacial score (nSPS) is 22.7. The summed E-state index contributed by atoms with van der Waals surface area (Å²) in [4.78, 5) is 14.7. The minimum absolute atomic E-state index is 0.120. The van der Waals surface area contributed by atoms with Crippen LogP contribution < -0.4 is 0 Å². The van der Waals surface area contributed by atoms with Crippen LogP contribution in [0.1, 0.15) is 36.9 Å². The molecule has 1 saturated carbocycles. The molecule has 0 radical (unpaired) electrons. The molecule has 5 nitrogen and oxygen atoms in total. The van der Waals surface area contributed by atoms with Crippen LogP contribution >= 0.6 is 0 Å². The van der Waals surface area contributed by atoms with Crippen molar-refractivity contribution in [2.24, 2.45) is 5.92 Å². The van der Waals surface area contributed by atoms with Crippen molar-refractivity contribution in [2.45, 2.75) is 38.4 Å². The second-order valence-electron chi connectivity index (χ2n) is 4.78. The van der Waals surface area contributed by atoms with E-state index in [0.29, 0.717) is 25.1 Å². The van der Waals surface area contributed by atoms with Crippen molar-refractivity contribution in [3.63, 3.8) is 0 Å². The van der Waals surface area contributed by atoms with Crippen molar-refractivity contribution in [3.05, 3.63) is 29.6 Å². The van der Waals surface area contributed by atoms with Gasteiger partial charge in [0.2, 0.25) is 0 Å². The highest BCUT2D eigenvalue weighted by Crippen LogP contribution is 2.26. The number of nitrogens with zero attached hydrogens (tertiary/aromatic N) is 2. The van der Waals surface area contributed by atoms with E-state index in [0.717, 1.165) is 18.4 Å². The highest BCUT2D eigenvalue weighted by molar-refractivity contribution is 5.70. The maximum atomic E-state index is 10.8. The van der Waals surface area contributed by atoms with Gasteiger partial charge in [-0.25, -0.2) is 4.98 Å². The summed E-state index contributed by atoms with van der Waals surface area (Å²) in [6, 6.07) is 5.53. The first-order valence-corrected chi connectivity index (χ1v) is 6.38. The van der Waals surface area contributed by atoms with Crippen LogP contribution in [0.25, 0.3) is 0 Å². The second-order valence-corrected chi connectivity index (χ2v) is 4.78. The van der Waals surface area contributed by atoms with Gasteiger partial charge in [0.25, 0.3) is 0 Å². The Hall–Kier alpha value is -1.93. The van der Waals surface area contributed by atoms with E-state index >= 15 is 0 Å². The minimum Gasteiger partial charge on any atom is -0.481 e. The largest absolute Gasteiger partial charge is 0.481 e. The summed E-state index contributed by atoms with van der Waals surface area (Å²) >= 11 is 0. The van der Waals surface area contributed by atoms with Crippen LogP contribution in [0.4, 0.5) is 0 Å². The SMILES string of the molecule is N#Cc1cc(COC2CCC(C(=O)O)CC2)ccn1. The quantitative estimate of drug-likeness (QED) is 0.896. The third-order valence-corrected chi connectivity index (χ3v) is 3.45. The number of rotatable bonds is 4. The molecule has 2 rings (SSSR count). The number of carbonyl (C=O) groups is 1. The molecule has 0 saturated heterocycles. The molecule has 1 heterocycles. The Bertz CT molecular complexity index is 488. The summed E-state index contributed by atoms with van der Waals surface area (Å²) in [6.07, 6.45) is 4.65. The number of nitriles is 1. The molecule has 1 aromatic rings. The number of carboxylic acids is 1. The van der Waals surface area contributed by atoms with Crippen molar-refractivity contribution >= 4 is 5.97 Å². The van der Waals surface area contributed by atoms with E-state index in [1.54, 1.807) is 12.3 Å². The van der Waals surface area contributed by atoms with Crippen molar-refractivity contribution in [3.8, 4) is 6.07 Å². The van der Waals surface area contributed by atoms with Gasteiger partial charge in [0, 0.05) is 6.20 Å². The monoisotopic (exact) mass is 260 g/mol. The van der Waals surface area contributed by atoms with Crippen molar-refractivity contribution < 1.29 is 14.6 Å². The maximum Gasteiger partial charge on any atom is 0.306 e. The molecule has 5 heteroatoms. The van der Waals surface area contributed by atoms with Gasteiger partial charge in [-0.3, -0.25) is 4.79 Å². The molecule has 0 aromatic carbocycles. The van der Waals surface area contributed by atoms with Gasteiger partial charge in [-0.2, -0.15) is 5.26 Å². The van der Waals surface area contributed by atoms with E-state index in [-0.39, 0.29) is 12.0 Å². The van der Waals surface area contributed by atoms with Gasteiger partial charge < -0.3 is 9.84 Å². The third-order valence-electron chi connectivity index (χ3n) is 3.45. The zero-order valence-corrected chi connectivity index (χ0v) is 10.6. The summed E-state index contributed by atoms with van der Waals surface area (Å²) < 4.78 is 5.77. The first kappa shape index (κ1) is 13.5. The Labute approximate surface area is 111 Å². The van der Waals surface area contributed by atoms with E-state index in [1.165, 1.54) is 0 Å². The fourth-order valence-corrected chi connectivity index (χ4v) is 2.32. The van der Waals surface area contributed by atoms with Crippen LogP contribution in [0.5, 0.6) is 0 Å². The molecule has 0 unspecified atom stereocenters. The molecule has 1 aromatic heterocycles. The molecular formula is C14H16N2O3. The van der Waals surface area contributed by atoms with Gasteiger partial charge in [-0.05, 0) is 43.4 Å². The zero-order valence-electron chi connectivity index (χ0n) is 10.6. The molecule has 1 aliphatic carbocycles. The molecule has 0 aliphatic heterocycles. The van der Waals surface area contributed by atoms with Crippen LogP contribution in [-0.2, 0) is 16.1 Å². The van der Waals surface area contributed by atoms with Crippen molar-refractivity contribution in [1.82, 2.24) is 4.98 Å². The van der Waals surface area contributed by atoms with E-state index in [4.69, 9.17) is 15.1 Å². The van der Waals surface area contributed by atoms with Gasteiger partial charge in [-0.15, -0.1) is 0 Å². The predicted molar refractivity (Wildman–Crippen MR) is 67.1 cm³/mol. The van der Waals surface area contributed by atoms with Crippen molar-refractivity contribution in [2.75, 3.05) is 0 Å². The van der Waals surface area contributed by atoms with Crippen LogP contribution in [0, 0.1) is 17.2 Å². The molecule has 0 bridgehead atoms. The number of aromatic nitrogens is 1. The highest BCUT2D eigenvalue weighted by Gasteiger charge is 2.26. The maximum absolute atomic E-state index is 10.8. The standard InChI is InChI=1S/C14H16N2O3/c15-8-12-7-10(5-6-16-12)9-19-13-3-1-11(2-4-13)14(17)18/h5-7,11,13H,1-4,9H2,(H,17,18). The van der Waals surface area contributed by atoms with Gasteiger partial charge in [0.1, 0.15) is 11.8 Å². The predicted octanol–water partition coefficient (Wildman–Crippen LogP) is 2.11. The Morgan fingerprint density at radius 3 is 2.84 bits per heavy atom. The average molecular weight is 260 g/mol. The molecule has 1 fully saturated rings.